The van der Waals surface area contributed by atoms with Crippen molar-refractivity contribution in [3.8, 4) is 5.95 Å². The Morgan fingerprint density at radius 2 is 1.88 bits per heavy atom. The number of rotatable bonds is 4. The molecule has 5 nitrogen and oxygen atoms in total. The molecule has 1 aliphatic rings. The Bertz CT molecular complexity index is 719. The highest BCUT2D eigenvalue weighted by Gasteiger charge is 2.34. The molecule has 3 rings (SSSR count). The van der Waals surface area contributed by atoms with Crippen molar-refractivity contribution in [1.29, 1.82) is 0 Å². The van der Waals surface area contributed by atoms with Crippen molar-refractivity contribution < 1.29 is 13.9 Å². The molecule has 2 aromatic rings. The third kappa shape index (κ3) is 3.77. The first-order valence-corrected chi connectivity index (χ1v) is 8.25. The van der Waals surface area contributed by atoms with Crippen molar-refractivity contribution in [2.75, 3.05) is 0 Å². The van der Waals surface area contributed by atoms with Crippen molar-refractivity contribution in [3.63, 3.8) is 0 Å². The lowest BCUT2D eigenvalue weighted by atomic mass is 9.84. The van der Waals surface area contributed by atoms with Gasteiger partial charge in [0.1, 0.15) is 0 Å². The van der Waals surface area contributed by atoms with Crippen LogP contribution in [0.2, 0.25) is 0 Å². The molecule has 1 aliphatic carbocycles. The fourth-order valence-corrected chi connectivity index (χ4v) is 3.23. The van der Waals surface area contributed by atoms with Crippen LogP contribution in [0.5, 0.6) is 0 Å². The number of hydrogen-bond donors (Lipinski definition) is 1. The van der Waals surface area contributed by atoms with Crippen LogP contribution in [0.25, 0.3) is 5.95 Å². The minimum atomic E-state index is -2.50. The third-order valence-corrected chi connectivity index (χ3v) is 4.52. The van der Waals surface area contributed by atoms with Crippen molar-refractivity contribution in [1.82, 2.24) is 19.7 Å². The molecule has 2 heterocycles. The third-order valence-electron chi connectivity index (χ3n) is 4.52. The molecule has 1 N–H and O–H groups in total. The lowest BCUT2D eigenvalue weighted by molar-refractivity contribution is -0.0457. The summed E-state index contributed by atoms with van der Waals surface area (Å²) in [6, 6.07) is 3.69. The fraction of sp³-hybridized carbons (Fsp3) is 0.588. The summed E-state index contributed by atoms with van der Waals surface area (Å²) >= 11 is 0. The van der Waals surface area contributed by atoms with Crippen LogP contribution in [0.15, 0.2) is 12.1 Å². The summed E-state index contributed by atoms with van der Waals surface area (Å²) in [7, 11) is 0. The first-order chi connectivity index (χ1) is 11.4. The molecule has 0 aromatic carbocycles. The Labute approximate surface area is 139 Å². The second kappa shape index (κ2) is 6.55. The molecule has 0 unspecified atom stereocenters. The van der Waals surface area contributed by atoms with E-state index in [4.69, 9.17) is 0 Å². The first kappa shape index (κ1) is 17.0. The van der Waals surface area contributed by atoms with Gasteiger partial charge in [0, 0.05) is 29.9 Å². The Kier molecular flexibility index (Phi) is 4.62. The maximum absolute atomic E-state index is 13.3. The standard InChI is InChI=1S/C17H22F2N4O/c1-11-7-14(9-13-3-5-17(18,19)6-4-13)21-16(20-11)23-12(2)8-15(10-24)22-23/h7-8,13,24H,3-6,9-10H2,1-2H3. The van der Waals surface area contributed by atoms with E-state index in [1.54, 1.807) is 10.7 Å². The molecule has 1 fully saturated rings. The average molecular weight is 336 g/mol. The first-order valence-electron chi connectivity index (χ1n) is 8.25. The van der Waals surface area contributed by atoms with Crippen LogP contribution in [-0.2, 0) is 13.0 Å². The van der Waals surface area contributed by atoms with Gasteiger partial charge in [0.05, 0.1) is 12.3 Å². The van der Waals surface area contributed by atoms with Gasteiger partial charge in [-0.1, -0.05) is 0 Å². The van der Waals surface area contributed by atoms with Gasteiger partial charge in [-0.25, -0.2) is 23.4 Å². The molecule has 0 aliphatic heterocycles. The average Bonchev–Trinajstić information content (AvgIpc) is 2.90. The molecule has 0 amide bonds. The minimum Gasteiger partial charge on any atom is -0.390 e. The monoisotopic (exact) mass is 336 g/mol. The zero-order valence-electron chi connectivity index (χ0n) is 14.0. The molecule has 7 heteroatoms. The van der Waals surface area contributed by atoms with E-state index in [2.05, 4.69) is 15.1 Å². The maximum atomic E-state index is 13.3. The van der Waals surface area contributed by atoms with E-state index in [-0.39, 0.29) is 25.4 Å². The molecular weight excluding hydrogens is 314 g/mol. The van der Waals surface area contributed by atoms with Gasteiger partial charge >= 0.3 is 0 Å². The van der Waals surface area contributed by atoms with E-state index < -0.39 is 5.92 Å². The summed E-state index contributed by atoms with van der Waals surface area (Å²) in [6.07, 6.45) is 1.67. The molecule has 2 aromatic heterocycles. The van der Waals surface area contributed by atoms with E-state index in [1.165, 1.54) is 0 Å². The number of nitrogens with zero attached hydrogens (tertiary/aromatic N) is 4. The number of aliphatic hydroxyl groups excluding tert-OH is 1. The second-order valence-corrected chi connectivity index (χ2v) is 6.65. The molecule has 0 saturated heterocycles. The van der Waals surface area contributed by atoms with Crippen LogP contribution in [0.3, 0.4) is 0 Å². The number of alkyl halides is 2. The van der Waals surface area contributed by atoms with Crippen LogP contribution < -0.4 is 0 Å². The molecule has 130 valence electrons. The Hall–Kier alpha value is -1.89. The summed E-state index contributed by atoms with van der Waals surface area (Å²) in [5.41, 5.74) is 3.08. The maximum Gasteiger partial charge on any atom is 0.251 e. The Morgan fingerprint density at radius 3 is 2.50 bits per heavy atom. The molecule has 0 radical (unpaired) electrons. The number of aromatic nitrogens is 4. The predicted molar refractivity (Wildman–Crippen MR) is 85.2 cm³/mol. The number of aryl methyl sites for hydroxylation is 2. The normalized spacial score (nSPS) is 18.0. The van der Waals surface area contributed by atoms with Crippen molar-refractivity contribution in [3.05, 3.63) is 34.9 Å². The molecule has 24 heavy (non-hydrogen) atoms. The number of aliphatic hydroxyl groups is 1. The van der Waals surface area contributed by atoms with Gasteiger partial charge in [-0.2, -0.15) is 5.10 Å². The Balaban J connectivity index is 1.80. The SMILES string of the molecule is Cc1cc(CC2CCC(F)(F)CC2)nc(-n2nc(CO)cc2C)n1. The number of halogens is 2. The fourth-order valence-electron chi connectivity index (χ4n) is 3.23. The van der Waals surface area contributed by atoms with Gasteiger partial charge in [-0.3, -0.25) is 0 Å². The van der Waals surface area contributed by atoms with Gasteiger partial charge < -0.3 is 5.11 Å². The van der Waals surface area contributed by atoms with E-state index in [0.717, 1.165) is 17.1 Å². The van der Waals surface area contributed by atoms with Crippen LogP contribution in [0, 0.1) is 19.8 Å². The van der Waals surface area contributed by atoms with Gasteiger partial charge in [0.25, 0.3) is 5.95 Å². The van der Waals surface area contributed by atoms with E-state index in [9.17, 15) is 13.9 Å². The minimum absolute atomic E-state index is 0.0350. The zero-order valence-corrected chi connectivity index (χ0v) is 14.0. The summed E-state index contributed by atoms with van der Waals surface area (Å²) in [4.78, 5) is 8.98. The molecule has 0 bridgehead atoms. The van der Waals surface area contributed by atoms with Crippen molar-refractivity contribution >= 4 is 0 Å². The summed E-state index contributed by atoms with van der Waals surface area (Å²) in [5.74, 6) is -1.81. The highest BCUT2D eigenvalue weighted by molar-refractivity contribution is 5.23. The second-order valence-electron chi connectivity index (χ2n) is 6.65. The number of hydrogen-bond acceptors (Lipinski definition) is 4. The summed E-state index contributed by atoms with van der Waals surface area (Å²) < 4.78 is 28.2. The lowest BCUT2D eigenvalue weighted by Crippen LogP contribution is -2.25. The van der Waals surface area contributed by atoms with Crippen molar-refractivity contribution in [2.24, 2.45) is 5.92 Å². The van der Waals surface area contributed by atoms with Crippen molar-refractivity contribution in [2.45, 2.75) is 58.5 Å². The van der Waals surface area contributed by atoms with Crippen LogP contribution >= 0.6 is 0 Å². The lowest BCUT2D eigenvalue weighted by Gasteiger charge is -2.28. The van der Waals surface area contributed by atoms with Crippen LogP contribution in [0.4, 0.5) is 8.78 Å². The van der Waals surface area contributed by atoms with E-state index in [0.29, 0.717) is 30.9 Å². The topological polar surface area (TPSA) is 63.8 Å². The van der Waals surface area contributed by atoms with Gasteiger partial charge in [0.15, 0.2) is 0 Å². The van der Waals surface area contributed by atoms with E-state index >= 15 is 0 Å². The van der Waals surface area contributed by atoms with Gasteiger partial charge in [-0.15, -0.1) is 0 Å². The molecule has 0 spiro atoms. The smallest absolute Gasteiger partial charge is 0.251 e. The van der Waals surface area contributed by atoms with E-state index in [1.807, 2.05) is 19.9 Å². The molecule has 1 saturated carbocycles. The quantitative estimate of drug-likeness (QED) is 0.932. The molecule has 0 atom stereocenters. The molecular formula is C17H22F2N4O. The summed E-state index contributed by atoms with van der Waals surface area (Å²) in [6.45, 7) is 3.62. The summed E-state index contributed by atoms with van der Waals surface area (Å²) in [5, 5.41) is 13.5. The highest BCUT2D eigenvalue weighted by Crippen LogP contribution is 2.37. The Morgan fingerprint density at radius 1 is 1.17 bits per heavy atom. The zero-order chi connectivity index (χ0) is 17.3. The van der Waals surface area contributed by atoms with Gasteiger partial charge in [0.2, 0.25) is 5.92 Å². The van der Waals surface area contributed by atoms with Crippen LogP contribution in [-0.4, -0.2) is 30.8 Å². The predicted octanol–water partition coefficient (Wildman–Crippen LogP) is 3.14. The van der Waals surface area contributed by atoms with Gasteiger partial charge in [-0.05, 0) is 51.2 Å². The van der Waals surface area contributed by atoms with Crippen LogP contribution in [0.1, 0.15) is 48.5 Å². The highest BCUT2D eigenvalue weighted by atomic mass is 19.3. The largest absolute Gasteiger partial charge is 0.390 e.